The Morgan fingerprint density at radius 2 is 2.20 bits per heavy atom. The molecule has 25 heavy (non-hydrogen) atoms. The Kier molecular flexibility index (Phi) is 5.33. The van der Waals surface area contributed by atoms with E-state index in [1.54, 1.807) is 18.5 Å². The maximum Gasteiger partial charge on any atom is 0.209 e. The van der Waals surface area contributed by atoms with E-state index in [0.717, 1.165) is 25.1 Å². The summed E-state index contributed by atoms with van der Waals surface area (Å²) in [5.74, 6) is 0.0764. The molecule has 0 aromatic carbocycles. The molecule has 8 nitrogen and oxygen atoms in total. The quantitative estimate of drug-likeness (QED) is 0.592. The number of nitrogens with zero attached hydrogens (tertiary/aromatic N) is 4. The molecule has 0 saturated carbocycles. The highest BCUT2D eigenvalue weighted by atomic mass is 32.2. The van der Waals surface area contributed by atoms with Crippen molar-refractivity contribution >= 4 is 23.3 Å². The number of H-pyrrole nitrogens is 1. The third-order valence-corrected chi connectivity index (χ3v) is 5.26. The smallest absolute Gasteiger partial charge is 0.209 e. The number of thioether (sulfide) groups is 1. The first-order valence-corrected chi connectivity index (χ1v) is 9.19. The lowest BCUT2D eigenvalue weighted by atomic mass is 10.1. The largest absolute Gasteiger partial charge is 0.376 e. The number of carbonyl (C=O) groups is 2. The van der Waals surface area contributed by atoms with E-state index in [0.29, 0.717) is 28.5 Å². The summed E-state index contributed by atoms with van der Waals surface area (Å²) in [4.78, 5) is 27.3. The van der Waals surface area contributed by atoms with Crippen LogP contribution in [0.15, 0.2) is 5.16 Å². The molecular formula is C16H21N5O3S. The normalized spacial score (nSPS) is 17.2. The van der Waals surface area contributed by atoms with E-state index in [-0.39, 0.29) is 23.4 Å². The van der Waals surface area contributed by atoms with E-state index in [2.05, 4.69) is 20.5 Å². The Balaban J connectivity index is 1.66. The van der Waals surface area contributed by atoms with Crippen LogP contribution in [0.1, 0.15) is 51.9 Å². The number of ether oxygens (including phenoxy) is 1. The molecule has 3 rings (SSSR count). The van der Waals surface area contributed by atoms with Gasteiger partial charge in [0.1, 0.15) is 0 Å². The van der Waals surface area contributed by atoms with Crippen LogP contribution in [0.4, 0.5) is 0 Å². The highest BCUT2D eigenvalue weighted by molar-refractivity contribution is 7.99. The number of aromatic nitrogens is 5. The summed E-state index contributed by atoms with van der Waals surface area (Å²) in [6.07, 6.45) is 2.18. The second kappa shape index (κ2) is 7.49. The lowest BCUT2D eigenvalue weighted by molar-refractivity contribution is 0.0911. The van der Waals surface area contributed by atoms with Crippen molar-refractivity contribution in [2.45, 2.75) is 51.4 Å². The van der Waals surface area contributed by atoms with Crippen molar-refractivity contribution in [3.63, 3.8) is 0 Å². The average Bonchev–Trinajstić information content (AvgIpc) is 3.27. The monoisotopic (exact) mass is 363 g/mol. The fraction of sp³-hybridized carbons (Fsp3) is 0.562. The van der Waals surface area contributed by atoms with Gasteiger partial charge in [-0.05, 0) is 49.6 Å². The first-order valence-electron chi connectivity index (χ1n) is 8.21. The summed E-state index contributed by atoms with van der Waals surface area (Å²) in [6.45, 7) is 6.47. The van der Waals surface area contributed by atoms with Gasteiger partial charge in [-0.3, -0.25) is 9.59 Å². The zero-order chi connectivity index (χ0) is 18.0. The lowest BCUT2D eigenvalue weighted by Crippen LogP contribution is -2.17. The van der Waals surface area contributed by atoms with Crippen LogP contribution >= 0.6 is 11.8 Å². The van der Waals surface area contributed by atoms with Gasteiger partial charge in [0.05, 0.1) is 24.1 Å². The van der Waals surface area contributed by atoms with Gasteiger partial charge >= 0.3 is 0 Å². The van der Waals surface area contributed by atoms with Crippen LogP contribution in [0.5, 0.6) is 0 Å². The lowest BCUT2D eigenvalue weighted by Gasteiger charge is -2.09. The fourth-order valence-corrected chi connectivity index (χ4v) is 3.91. The maximum atomic E-state index is 12.5. The van der Waals surface area contributed by atoms with Gasteiger partial charge < -0.3 is 9.72 Å². The van der Waals surface area contributed by atoms with Gasteiger partial charge in [-0.25, -0.2) is 4.68 Å². The summed E-state index contributed by atoms with van der Waals surface area (Å²) in [7, 11) is 0. The summed E-state index contributed by atoms with van der Waals surface area (Å²) < 4.78 is 7.28. The Morgan fingerprint density at radius 3 is 2.84 bits per heavy atom. The number of ketones is 2. The Bertz CT molecular complexity index is 792. The van der Waals surface area contributed by atoms with Crippen molar-refractivity contribution in [3.05, 3.63) is 22.5 Å². The molecule has 9 heteroatoms. The minimum atomic E-state index is -0.0789. The van der Waals surface area contributed by atoms with E-state index in [1.165, 1.54) is 18.7 Å². The van der Waals surface area contributed by atoms with Crippen molar-refractivity contribution in [3.8, 4) is 0 Å². The zero-order valence-electron chi connectivity index (χ0n) is 14.5. The standard InChI is InChI=1S/C16H21N5O3S/c1-9-14(11(3)22)10(2)17-15(9)13(23)8-25-16-18-19-20-21(16)7-12-5-4-6-24-12/h12,17H,4-8H2,1-3H3/t12-/m1/s1. The molecule has 0 radical (unpaired) electrons. The molecule has 1 aliphatic heterocycles. The number of tetrazole rings is 1. The maximum absolute atomic E-state index is 12.5. The van der Waals surface area contributed by atoms with Gasteiger partial charge in [0.15, 0.2) is 11.6 Å². The molecule has 1 aliphatic rings. The molecule has 134 valence electrons. The molecule has 2 aromatic heterocycles. The van der Waals surface area contributed by atoms with Crippen molar-refractivity contribution in [2.75, 3.05) is 12.4 Å². The summed E-state index contributed by atoms with van der Waals surface area (Å²) in [6, 6.07) is 0. The van der Waals surface area contributed by atoms with Gasteiger partial charge in [0.2, 0.25) is 5.16 Å². The number of nitrogens with one attached hydrogen (secondary N) is 1. The van der Waals surface area contributed by atoms with Crippen LogP contribution in [-0.2, 0) is 11.3 Å². The number of aryl methyl sites for hydroxylation is 1. The highest BCUT2D eigenvalue weighted by Gasteiger charge is 2.22. The van der Waals surface area contributed by atoms with E-state index in [4.69, 9.17) is 4.74 Å². The molecule has 0 aliphatic carbocycles. The molecule has 1 fully saturated rings. The first-order chi connectivity index (χ1) is 12.0. The molecule has 2 aromatic rings. The van der Waals surface area contributed by atoms with Crippen LogP contribution in [0.3, 0.4) is 0 Å². The SMILES string of the molecule is CC(=O)c1c(C)[nH]c(C(=O)CSc2nnnn2C[C@H]2CCCO2)c1C. The molecule has 0 bridgehead atoms. The Morgan fingerprint density at radius 1 is 1.40 bits per heavy atom. The van der Waals surface area contributed by atoms with Gasteiger partial charge in [-0.15, -0.1) is 5.10 Å². The molecular weight excluding hydrogens is 342 g/mol. The van der Waals surface area contributed by atoms with Gasteiger partial charge in [-0.2, -0.15) is 0 Å². The predicted octanol–water partition coefficient (Wildman–Crippen LogP) is 1.97. The van der Waals surface area contributed by atoms with Gasteiger partial charge in [-0.1, -0.05) is 11.8 Å². The van der Waals surface area contributed by atoms with Gasteiger partial charge in [0, 0.05) is 17.9 Å². The zero-order valence-corrected chi connectivity index (χ0v) is 15.4. The molecule has 1 saturated heterocycles. The third kappa shape index (κ3) is 3.82. The number of aromatic amines is 1. The van der Waals surface area contributed by atoms with Crippen molar-refractivity contribution < 1.29 is 14.3 Å². The molecule has 1 N–H and O–H groups in total. The van der Waals surface area contributed by atoms with Crippen LogP contribution in [0.25, 0.3) is 0 Å². The average molecular weight is 363 g/mol. The molecule has 0 unspecified atom stereocenters. The minimum Gasteiger partial charge on any atom is -0.376 e. The summed E-state index contributed by atoms with van der Waals surface area (Å²) in [5, 5.41) is 12.3. The second-order valence-corrected chi connectivity index (χ2v) is 7.11. The second-order valence-electron chi connectivity index (χ2n) is 6.17. The first kappa shape index (κ1) is 17.8. The topological polar surface area (TPSA) is 103 Å². The van der Waals surface area contributed by atoms with Crippen molar-refractivity contribution in [1.82, 2.24) is 25.2 Å². The fourth-order valence-electron chi connectivity index (χ4n) is 3.15. The number of hydrogen-bond donors (Lipinski definition) is 1. The number of hydrogen-bond acceptors (Lipinski definition) is 7. The summed E-state index contributed by atoms with van der Waals surface area (Å²) >= 11 is 1.29. The number of rotatable bonds is 7. The van der Waals surface area contributed by atoms with Crippen molar-refractivity contribution in [1.29, 1.82) is 0 Å². The molecule has 0 spiro atoms. The van der Waals surface area contributed by atoms with E-state index >= 15 is 0 Å². The third-order valence-electron chi connectivity index (χ3n) is 4.30. The summed E-state index contributed by atoms with van der Waals surface area (Å²) in [5.41, 5.74) is 2.50. The van der Waals surface area contributed by atoms with Crippen molar-refractivity contribution in [2.24, 2.45) is 0 Å². The minimum absolute atomic E-state index is 0.0431. The Labute approximate surface area is 149 Å². The van der Waals surface area contributed by atoms with Crippen LogP contribution in [0.2, 0.25) is 0 Å². The molecule has 0 amide bonds. The van der Waals surface area contributed by atoms with Crippen LogP contribution < -0.4 is 0 Å². The van der Waals surface area contributed by atoms with Crippen LogP contribution in [0, 0.1) is 13.8 Å². The Hall–Kier alpha value is -2.00. The van der Waals surface area contributed by atoms with E-state index < -0.39 is 0 Å². The predicted molar refractivity (Wildman–Crippen MR) is 92.1 cm³/mol. The highest BCUT2D eigenvalue weighted by Crippen LogP contribution is 2.23. The van der Waals surface area contributed by atoms with Gasteiger partial charge in [0.25, 0.3) is 0 Å². The number of carbonyl (C=O) groups excluding carboxylic acids is 2. The number of Topliss-reactive ketones (excluding diaryl/α,β-unsaturated/α-hetero) is 2. The van der Waals surface area contributed by atoms with E-state index in [9.17, 15) is 9.59 Å². The molecule has 3 heterocycles. The van der Waals surface area contributed by atoms with E-state index in [1.807, 2.05) is 0 Å². The molecule has 1 atom stereocenters. The van der Waals surface area contributed by atoms with Crippen LogP contribution in [-0.4, -0.2) is 55.2 Å².